The van der Waals surface area contributed by atoms with Crippen LogP contribution in [0.5, 0.6) is 0 Å². The average molecular weight is 321 g/mol. The third-order valence-corrected chi connectivity index (χ3v) is 3.45. The largest absolute Gasteiger partial charge is 0.384 e. The van der Waals surface area contributed by atoms with Gasteiger partial charge in [-0.3, -0.25) is 9.48 Å². The Hall–Kier alpha value is -2.22. The lowest BCUT2D eigenvalue weighted by Gasteiger charge is -2.09. The smallest absolute Gasteiger partial charge is 0.270 e. The molecular weight excluding hydrogens is 298 g/mol. The van der Waals surface area contributed by atoms with Crippen molar-refractivity contribution in [1.29, 1.82) is 0 Å². The average Bonchev–Trinajstić information content (AvgIpc) is 3.11. The van der Waals surface area contributed by atoms with E-state index in [-0.39, 0.29) is 17.9 Å². The molecule has 0 saturated carbocycles. The number of carbonyl (C=O) groups excluding carboxylic acids is 1. The molecule has 1 atom stereocenters. The minimum absolute atomic E-state index is 0.226. The van der Waals surface area contributed by atoms with Crippen molar-refractivity contribution in [2.24, 2.45) is 7.05 Å². The molecule has 0 aliphatic carbocycles. The van der Waals surface area contributed by atoms with E-state index < -0.39 is 0 Å². The van der Waals surface area contributed by atoms with E-state index in [1.807, 2.05) is 13.8 Å². The molecular formula is C15H23N5O3. The van der Waals surface area contributed by atoms with Gasteiger partial charge in [-0.15, -0.1) is 0 Å². The molecule has 1 N–H and O–H groups in total. The Bertz CT molecular complexity index is 662. The first-order valence-electron chi connectivity index (χ1n) is 7.58. The number of aromatic nitrogens is 4. The van der Waals surface area contributed by atoms with E-state index in [0.29, 0.717) is 30.4 Å². The lowest BCUT2D eigenvalue weighted by Crippen LogP contribution is -2.28. The van der Waals surface area contributed by atoms with Gasteiger partial charge in [0.15, 0.2) is 5.82 Å². The molecule has 23 heavy (non-hydrogen) atoms. The van der Waals surface area contributed by atoms with Crippen molar-refractivity contribution in [3.63, 3.8) is 0 Å². The second-order valence-electron chi connectivity index (χ2n) is 5.72. The standard InChI is InChI=1S/C15H23N5O3/c1-9(2)11-8-12(20(4)18-11)14(21)16-10(3)15-17-13(19-23-15)6-7-22-5/h8-10H,6-7H2,1-5H3,(H,16,21). The number of hydrogen-bond donors (Lipinski definition) is 1. The summed E-state index contributed by atoms with van der Waals surface area (Å²) < 4.78 is 11.7. The van der Waals surface area contributed by atoms with Crippen LogP contribution >= 0.6 is 0 Å². The first-order chi connectivity index (χ1) is 10.9. The van der Waals surface area contributed by atoms with Gasteiger partial charge in [-0.05, 0) is 18.9 Å². The maximum Gasteiger partial charge on any atom is 0.270 e. The quantitative estimate of drug-likeness (QED) is 0.832. The van der Waals surface area contributed by atoms with Crippen LogP contribution < -0.4 is 5.32 Å². The summed E-state index contributed by atoms with van der Waals surface area (Å²) in [6.07, 6.45) is 0.570. The minimum Gasteiger partial charge on any atom is -0.384 e. The summed E-state index contributed by atoms with van der Waals surface area (Å²) in [5, 5.41) is 11.1. The van der Waals surface area contributed by atoms with E-state index in [1.54, 1.807) is 31.8 Å². The molecule has 126 valence electrons. The van der Waals surface area contributed by atoms with E-state index in [2.05, 4.69) is 20.6 Å². The number of aryl methyl sites for hydroxylation is 1. The molecule has 0 saturated heterocycles. The summed E-state index contributed by atoms with van der Waals surface area (Å²) in [6.45, 7) is 6.39. The van der Waals surface area contributed by atoms with E-state index in [4.69, 9.17) is 9.26 Å². The number of hydrogen-bond acceptors (Lipinski definition) is 6. The van der Waals surface area contributed by atoms with Gasteiger partial charge in [0.25, 0.3) is 5.91 Å². The number of amides is 1. The SMILES string of the molecule is COCCc1noc(C(C)NC(=O)c2cc(C(C)C)nn2C)n1. The van der Waals surface area contributed by atoms with E-state index in [1.165, 1.54) is 0 Å². The third kappa shape index (κ3) is 4.16. The van der Waals surface area contributed by atoms with Gasteiger partial charge >= 0.3 is 0 Å². The molecule has 2 aromatic heterocycles. The summed E-state index contributed by atoms with van der Waals surface area (Å²) in [5.41, 5.74) is 1.38. The van der Waals surface area contributed by atoms with E-state index in [9.17, 15) is 4.79 Å². The molecule has 1 unspecified atom stereocenters. The summed E-state index contributed by atoms with van der Waals surface area (Å²) in [6, 6.07) is 1.41. The Kier molecular flexibility index (Phi) is 5.49. The first-order valence-corrected chi connectivity index (χ1v) is 7.58. The summed E-state index contributed by atoms with van der Waals surface area (Å²) >= 11 is 0. The van der Waals surface area contributed by atoms with Crippen molar-refractivity contribution < 1.29 is 14.1 Å². The van der Waals surface area contributed by atoms with Crippen LogP contribution in [0.4, 0.5) is 0 Å². The highest BCUT2D eigenvalue weighted by molar-refractivity contribution is 5.92. The highest BCUT2D eigenvalue weighted by atomic mass is 16.5. The third-order valence-electron chi connectivity index (χ3n) is 3.45. The van der Waals surface area contributed by atoms with E-state index >= 15 is 0 Å². The zero-order chi connectivity index (χ0) is 17.0. The second-order valence-corrected chi connectivity index (χ2v) is 5.72. The van der Waals surface area contributed by atoms with Crippen LogP contribution in [0.15, 0.2) is 10.6 Å². The fraction of sp³-hybridized carbons (Fsp3) is 0.600. The van der Waals surface area contributed by atoms with Gasteiger partial charge in [0, 0.05) is 20.6 Å². The Morgan fingerprint density at radius 3 is 2.78 bits per heavy atom. The molecule has 0 fully saturated rings. The van der Waals surface area contributed by atoms with Gasteiger partial charge in [-0.1, -0.05) is 19.0 Å². The number of ether oxygens (including phenoxy) is 1. The number of rotatable bonds is 7. The lowest BCUT2D eigenvalue weighted by molar-refractivity contribution is 0.0923. The summed E-state index contributed by atoms with van der Waals surface area (Å²) in [5.74, 6) is 0.969. The van der Waals surface area contributed by atoms with Crippen LogP contribution in [0.3, 0.4) is 0 Å². The molecule has 8 nitrogen and oxygen atoms in total. The Balaban J connectivity index is 2.03. The Morgan fingerprint density at radius 2 is 2.17 bits per heavy atom. The van der Waals surface area contributed by atoms with Crippen molar-refractivity contribution in [1.82, 2.24) is 25.2 Å². The van der Waals surface area contributed by atoms with Gasteiger partial charge in [0.2, 0.25) is 5.89 Å². The molecule has 0 radical (unpaired) electrons. The molecule has 0 aliphatic rings. The van der Waals surface area contributed by atoms with Gasteiger partial charge in [-0.25, -0.2) is 0 Å². The van der Waals surface area contributed by atoms with Gasteiger partial charge in [0.05, 0.1) is 12.3 Å². The van der Waals surface area contributed by atoms with Crippen LogP contribution in [0, 0.1) is 0 Å². The lowest BCUT2D eigenvalue weighted by atomic mass is 10.1. The number of methoxy groups -OCH3 is 1. The number of nitrogens with zero attached hydrogens (tertiary/aromatic N) is 4. The van der Waals surface area contributed by atoms with Crippen LogP contribution in [-0.2, 0) is 18.2 Å². The number of nitrogens with one attached hydrogen (secondary N) is 1. The zero-order valence-corrected chi connectivity index (χ0v) is 14.2. The van der Waals surface area contributed by atoms with Crippen molar-refractivity contribution in [2.45, 2.75) is 39.2 Å². The molecule has 2 aromatic rings. The van der Waals surface area contributed by atoms with Gasteiger partial charge in [0.1, 0.15) is 11.7 Å². The molecule has 1 amide bonds. The highest BCUT2D eigenvalue weighted by Crippen LogP contribution is 2.15. The molecule has 0 bridgehead atoms. The summed E-state index contributed by atoms with van der Waals surface area (Å²) in [7, 11) is 3.37. The first kappa shape index (κ1) is 17.1. The van der Waals surface area contributed by atoms with Crippen LogP contribution in [0.1, 0.15) is 60.6 Å². The molecule has 0 spiro atoms. The van der Waals surface area contributed by atoms with Crippen LogP contribution in [0.2, 0.25) is 0 Å². The van der Waals surface area contributed by atoms with Crippen LogP contribution in [-0.4, -0.2) is 39.5 Å². The second kappa shape index (κ2) is 7.36. The monoisotopic (exact) mass is 321 g/mol. The molecule has 2 rings (SSSR count). The maximum absolute atomic E-state index is 12.4. The minimum atomic E-state index is -0.385. The van der Waals surface area contributed by atoms with Gasteiger partial charge < -0.3 is 14.6 Å². The summed E-state index contributed by atoms with van der Waals surface area (Å²) in [4.78, 5) is 16.6. The van der Waals surface area contributed by atoms with Crippen molar-refractivity contribution in [3.8, 4) is 0 Å². The van der Waals surface area contributed by atoms with Gasteiger partial charge in [-0.2, -0.15) is 10.1 Å². The van der Waals surface area contributed by atoms with E-state index in [0.717, 1.165) is 5.69 Å². The van der Waals surface area contributed by atoms with Crippen LogP contribution in [0.25, 0.3) is 0 Å². The molecule has 0 aliphatic heterocycles. The molecule has 8 heteroatoms. The highest BCUT2D eigenvalue weighted by Gasteiger charge is 2.20. The fourth-order valence-electron chi connectivity index (χ4n) is 2.05. The van der Waals surface area contributed by atoms with Crippen molar-refractivity contribution >= 4 is 5.91 Å². The normalized spacial score (nSPS) is 12.6. The topological polar surface area (TPSA) is 95.1 Å². The molecule has 2 heterocycles. The zero-order valence-electron chi connectivity index (χ0n) is 14.2. The molecule has 0 aromatic carbocycles. The Morgan fingerprint density at radius 1 is 1.43 bits per heavy atom. The number of carbonyl (C=O) groups is 1. The Labute approximate surface area is 135 Å². The predicted octanol–water partition coefficient (Wildman–Crippen LogP) is 1.61. The predicted molar refractivity (Wildman–Crippen MR) is 83.1 cm³/mol. The van der Waals surface area contributed by atoms with Crippen molar-refractivity contribution in [2.75, 3.05) is 13.7 Å². The maximum atomic E-state index is 12.4. The van der Waals surface area contributed by atoms with Crippen molar-refractivity contribution in [3.05, 3.63) is 29.2 Å². The fourth-order valence-corrected chi connectivity index (χ4v) is 2.05.